The number of benzene rings is 2. The minimum absolute atomic E-state index is 0.105. The van der Waals surface area contributed by atoms with E-state index in [1.807, 2.05) is 60.4 Å². The van der Waals surface area contributed by atoms with Gasteiger partial charge in [0.25, 0.3) is 0 Å². The molecule has 0 bridgehead atoms. The fourth-order valence-corrected chi connectivity index (χ4v) is 3.50. The first-order valence-corrected chi connectivity index (χ1v) is 9.52. The van der Waals surface area contributed by atoms with Gasteiger partial charge in [-0.1, -0.05) is 48.0 Å². The van der Waals surface area contributed by atoms with Gasteiger partial charge >= 0.3 is 0 Å². The van der Waals surface area contributed by atoms with Crippen LogP contribution in [-0.4, -0.2) is 43.0 Å². The fourth-order valence-electron chi connectivity index (χ4n) is 3.50. The highest BCUT2D eigenvalue weighted by Gasteiger charge is 2.31. The van der Waals surface area contributed by atoms with E-state index in [0.717, 1.165) is 22.4 Å². The molecule has 3 rings (SSSR count). The topological polar surface area (TPSA) is 70.7 Å². The molecule has 1 atom stereocenters. The predicted octanol–water partition coefficient (Wildman–Crippen LogP) is 2.01. The lowest BCUT2D eigenvalue weighted by atomic mass is 10.1. The number of hydrogen-bond acceptors (Lipinski definition) is 4. The van der Waals surface area contributed by atoms with Gasteiger partial charge in [0.05, 0.1) is 19.6 Å². The van der Waals surface area contributed by atoms with E-state index in [4.69, 9.17) is 4.74 Å². The molecule has 28 heavy (non-hydrogen) atoms. The molecule has 1 saturated heterocycles. The van der Waals surface area contributed by atoms with Crippen molar-refractivity contribution in [3.63, 3.8) is 0 Å². The molecule has 0 aromatic heterocycles. The van der Waals surface area contributed by atoms with E-state index >= 15 is 0 Å². The predicted molar refractivity (Wildman–Crippen MR) is 108 cm³/mol. The lowest BCUT2D eigenvalue weighted by Crippen LogP contribution is -2.56. The van der Waals surface area contributed by atoms with Crippen molar-refractivity contribution < 1.29 is 14.3 Å². The van der Waals surface area contributed by atoms with Gasteiger partial charge in [-0.25, -0.2) is 0 Å². The normalized spacial score (nSPS) is 17.1. The van der Waals surface area contributed by atoms with Crippen molar-refractivity contribution in [3.8, 4) is 5.75 Å². The van der Waals surface area contributed by atoms with Crippen LogP contribution in [0.15, 0.2) is 48.5 Å². The minimum Gasteiger partial charge on any atom is -0.496 e. The van der Waals surface area contributed by atoms with Crippen LogP contribution in [0.25, 0.3) is 0 Å². The van der Waals surface area contributed by atoms with Gasteiger partial charge in [0.1, 0.15) is 5.75 Å². The van der Waals surface area contributed by atoms with Crippen molar-refractivity contribution in [1.82, 2.24) is 15.5 Å². The van der Waals surface area contributed by atoms with Crippen LogP contribution in [-0.2, 0) is 22.7 Å². The first-order valence-electron chi connectivity index (χ1n) is 9.52. The second-order valence-corrected chi connectivity index (χ2v) is 7.06. The summed E-state index contributed by atoms with van der Waals surface area (Å²) >= 11 is 0. The first kappa shape index (κ1) is 19.9. The molecule has 2 aromatic rings. The Morgan fingerprint density at radius 2 is 2.07 bits per heavy atom. The number of nitrogens with zero attached hydrogens (tertiary/aromatic N) is 1. The highest BCUT2D eigenvalue weighted by molar-refractivity contribution is 5.88. The quantitative estimate of drug-likeness (QED) is 0.770. The van der Waals surface area contributed by atoms with Gasteiger partial charge in [-0.05, 0) is 18.6 Å². The minimum atomic E-state index is -0.490. The van der Waals surface area contributed by atoms with Crippen LogP contribution in [0.3, 0.4) is 0 Å². The van der Waals surface area contributed by atoms with Crippen molar-refractivity contribution >= 4 is 11.8 Å². The van der Waals surface area contributed by atoms with Crippen molar-refractivity contribution in [2.75, 3.05) is 20.2 Å². The molecule has 1 aliphatic rings. The molecule has 0 aliphatic carbocycles. The summed E-state index contributed by atoms with van der Waals surface area (Å²) in [5.41, 5.74) is 3.21. The number of hydrogen-bond donors (Lipinski definition) is 2. The van der Waals surface area contributed by atoms with Crippen molar-refractivity contribution in [1.29, 1.82) is 0 Å². The Labute approximate surface area is 165 Å². The average molecular weight is 381 g/mol. The first-order chi connectivity index (χ1) is 13.6. The standard InChI is InChI=1S/C22H27N3O3/c1-16-6-5-7-17(12-16)14-24-21(26)13-19-22(27)23-10-11-25(19)15-18-8-3-4-9-20(18)28-2/h3-9,12,19H,10-11,13-15H2,1-2H3,(H,23,27)(H,24,26). The number of methoxy groups -OCH3 is 1. The lowest BCUT2D eigenvalue weighted by molar-refractivity contribution is -0.134. The molecule has 2 N–H and O–H groups in total. The summed E-state index contributed by atoms with van der Waals surface area (Å²) in [5.74, 6) is 0.552. The van der Waals surface area contributed by atoms with Crippen molar-refractivity contribution in [3.05, 3.63) is 65.2 Å². The third-order valence-corrected chi connectivity index (χ3v) is 4.96. The maximum absolute atomic E-state index is 12.5. The zero-order chi connectivity index (χ0) is 19.9. The van der Waals surface area contributed by atoms with E-state index in [1.54, 1.807) is 7.11 Å². The number of para-hydroxylation sites is 1. The Kier molecular flexibility index (Phi) is 6.66. The molecule has 1 aliphatic heterocycles. The van der Waals surface area contributed by atoms with E-state index < -0.39 is 6.04 Å². The van der Waals surface area contributed by atoms with Gasteiger partial charge in [0.15, 0.2) is 0 Å². The molecule has 2 amide bonds. The molecule has 6 nitrogen and oxygen atoms in total. The van der Waals surface area contributed by atoms with E-state index in [2.05, 4.69) is 10.6 Å². The third kappa shape index (κ3) is 5.10. The van der Waals surface area contributed by atoms with Crippen LogP contribution in [0.4, 0.5) is 0 Å². The summed E-state index contributed by atoms with van der Waals surface area (Å²) in [5, 5.41) is 5.80. The summed E-state index contributed by atoms with van der Waals surface area (Å²) in [6.45, 7) is 4.32. The van der Waals surface area contributed by atoms with Crippen LogP contribution in [0.2, 0.25) is 0 Å². The van der Waals surface area contributed by atoms with Gasteiger partial charge < -0.3 is 15.4 Å². The number of carbonyl (C=O) groups is 2. The highest BCUT2D eigenvalue weighted by atomic mass is 16.5. The van der Waals surface area contributed by atoms with Crippen LogP contribution in [0, 0.1) is 6.92 Å². The zero-order valence-corrected chi connectivity index (χ0v) is 16.4. The number of piperazine rings is 1. The third-order valence-electron chi connectivity index (χ3n) is 4.96. The second kappa shape index (κ2) is 9.37. The molecule has 1 heterocycles. The van der Waals surface area contributed by atoms with Crippen LogP contribution in [0.5, 0.6) is 5.75 Å². The van der Waals surface area contributed by atoms with Crippen LogP contribution >= 0.6 is 0 Å². The number of rotatable bonds is 7. The Morgan fingerprint density at radius 1 is 1.25 bits per heavy atom. The Hall–Kier alpha value is -2.86. The SMILES string of the molecule is COc1ccccc1CN1CCNC(=O)C1CC(=O)NCc1cccc(C)c1. The summed E-state index contributed by atoms with van der Waals surface area (Å²) < 4.78 is 5.42. The molecule has 2 aromatic carbocycles. The van der Waals surface area contributed by atoms with Crippen LogP contribution < -0.4 is 15.4 Å². The molecular formula is C22H27N3O3. The maximum atomic E-state index is 12.5. The fraction of sp³-hybridized carbons (Fsp3) is 0.364. The smallest absolute Gasteiger partial charge is 0.237 e. The molecule has 0 radical (unpaired) electrons. The number of carbonyl (C=O) groups excluding carboxylic acids is 2. The molecule has 1 fully saturated rings. The van der Waals surface area contributed by atoms with Gasteiger partial charge in [0.2, 0.25) is 11.8 Å². The Morgan fingerprint density at radius 3 is 2.86 bits per heavy atom. The zero-order valence-electron chi connectivity index (χ0n) is 16.4. The lowest BCUT2D eigenvalue weighted by Gasteiger charge is -2.35. The van der Waals surface area contributed by atoms with E-state index in [-0.39, 0.29) is 18.2 Å². The number of nitrogens with one attached hydrogen (secondary N) is 2. The largest absolute Gasteiger partial charge is 0.496 e. The van der Waals surface area contributed by atoms with E-state index in [0.29, 0.717) is 26.2 Å². The van der Waals surface area contributed by atoms with Gasteiger partial charge in [-0.3, -0.25) is 14.5 Å². The van der Waals surface area contributed by atoms with Gasteiger partial charge in [0, 0.05) is 31.7 Å². The molecule has 0 saturated carbocycles. The molecule has 6 heteroatoms. The monoisotopic (exact) mass is 381 g/mol. The molecular weight excluding hydrogens is 354 g/mol. The van der Waals surface area contributed by atoms with Crippen molar-refractivity contribution in [2.24, 2.45) is 0 Å². The van der Waals surface area contributed by atoms with Gasteiger partial charge in [-0.2, -0.15) is 0 Å². The number of ether oxygens (including phenoxy) is 1. The second-order valence-electron chi connectivity index (χ2n) is 7.06. The van der Waals surface area contributed by atoms with Crippen molar-refractivity contribution in [2.45, 2.75) is 32.5 Å². The van der Waals surface area contributed by atoms with E-state index in [1.165, 1.54) is 0 Å². The van der Waals surface area contributed by atoms with E-state index in [9.17, 15) is 9.59 Å². The Bertz CT molecular complexity index is 837. The number of amides is 2. The Balaban J connectivity index is 1.63. The molecule has 0 spiro atoms. The summed E-state index contributed by atoms with van der Waals surface area (Å²) in [6, 6.07) is 15.3. The summed E-state index contributed by atoms with van der Waals surface area (Å²) in [7, 11) is 1.64. The summed E-state index contributed by atoms with van der Waals surface area (Å²) in [4.78, 5) is 27.0. The highest BCUT2D eigenvalue weighted by Crippen LogP contribution is 2.22. The average Bonchev–Trinajstić information content (AvgIpc) is 2.69. The number of aryl methyl sites for hydroxylation is 1. The maximum Gasteiger partial charge on any atom is 0.237 e. The summed E-state index contributed by atoms with van der Waals surface area (Å²) in [6.07, 6.45) is 0.132. The molecule has 148 valence electrons. The van der Waals surface area contributed by atoms with Gasteiger partial charge in [-0.15, -0.1) is 0 Å². The van der Waals surface area contributed by atoms with Crippen LogP contribution in [0.1, 0.15) is 23.1 Å². The molecule has 1 unspecified atom stereocenters.